The molecule has 0 aliphatic carbocycles. The molecule has 0 unspecified atom stereocenters. The number of aromatic nitrogens is 4. The number of halogens is 1. The monoisotopic (exact) mass is 323 g/mol. The molecule has 0 bridgehead atoms. The minimum atomic E-state index is 0.718. The zero-order chi connectivity index (χ0) is 13.8. The highest BCUT2D eigenvalue weighted by atomic mass is 79.9. The normalized spacial score (nSPS) is 10.7. The van der Waals surface area contributed by atoms with Crippen molar-refractivity contribution in [3.05, 3.63) is 22.6 Å². The average Bonchev–Trinajstić information content (AvgIpc) is 2.90. The van der Waals surface area contributed by atoms with Gasteiger partial charge in [0.25, 0.3) is 0 Å². The van der Waals surface area contributed by atoms with E-state index in [1.54, 1.807) is 0 Å². The van der Waals surface area contributed by atoms with Crippen LogP contribution in [0.1, 0.15) is 26.5 Å². The summed E-state index contributed by atoms with van der Waals surface area (Å²) in [7, 11) is 0. The van der Waals surface area contributed by atoms with Gasteiger partial charge in [-0.2, -0.15) is 5.10 Å². The van der Waals surface area contributed by atoms with Crippen LogP contribution in [0.2, 0.25) is 0 Å². The molecule has 0 spiro atoms. The Balaban J connectivity index is 2.47. The third kappa shape index (κ3) is 2.94. The van der Waals surface area contributed by atoms with Crippen LogP contribution in [0.15, 0.2) is 16.9 Å². The van der Waals surface area contributed by atoms with E-state index in [1.165, 1.54) is 0 Å². The molecular formula is C13H18BrN5. The molecule has 0 amide bonds. The summed E-state index contributed by atoms with van der Waals surface area (Å²) in [6.45, 7) is 7.86. The Hall–Kier alpha value is -1.43. The van der Waals surface area contributed by atoms with E-state index in [0.29, 0.717) is 0 Å². The van der Waals surface area contributed by atoms with Crippen molar-refractivity contribution >= 4 is 21.7 Å². The highest BCUT2D eigenvalue weighted by Gasteiger charge is 2.13. The summed E-state index contributed by atoms with van der Waals surface area (Å²) < 4.78 is 2.82. The van der Waals surface area contributed by atoms with Gasteiger partial charge in [-0.25, -0.2) is 9.97 Å². The van der Waals surface area contributed by atoms with Crippen molar-refractivity contribution in [2.75, 3.05) is 11.9 Å². The molecule has 2 aromatic heterocycles. The van der Waals surface area contributed by atoms with Crippen LogP contribution in [0, 0.1) is 0 Å². The summed E-state index contributed by atoms with van der Waals surface area (Å²) in [5.74, 6) is 1.56. The van der Waals surface area contributed by atoms with Gasteiger partial charge in [-0.05, 0) is 36.2 Å². The van der Waals surface area contributed by atoms with E-state index in [4.69, 9.17) is 0 Å². The lowest BCUT2D eigenvalue weighted by atomic mass is 10.2. The fourth-order valence-electron chi connectivity index (χ4n) is 1.79. The molecule has 0 radical (unpaired) electrons. The lowest BCUT2D eigenvalue weighted by molar-refractivity contribution is 0.660. The SMILES string of the molecule is CCNc1nc(-c2cnn(CC)c2)nc(CC)c1Br. The first kappa shape index (κ1) is 14.0. The lowest BCUT2D eigenvalue weighted by Crippen LogP contribution is -2.05. The van der Waals surface area contributed by atoms with Gasteiger partial charge in [0, 0.05) is 19.3 Å². The van der Waals surface area contributed by atoms with Crippen molar-refractivity contribution in [1.82, 2.24) is 19.7 Å². The second-order valence-corrected chi connectivity index (χ2v) is 4.92. The number of hydrogen-bond donors (Lipinski definition) is 1. The first-order valence-corrected chi connectivity index (χ1v) is 7.31. The summed E-state index contributed by atoms with van der Waals surface area (Å²) in [6, 6.07) is 0. The van der Waals surface area contributed by atoms with Crippen LogP contribution in [-0.2, 0) is 13.0 Å². The van der Waals surface area contributed by atoms with E-state index in [-0.39, 0.29) is 0 Å². The van der Waals surface area contributed by atoms with Crippen molar-refractivity contribution in [2.45, 2.75) is 33.7 Å². The molecule has 19 heavy (non-hydrogen) atoms. The maximum Gasteiger partial charge on any atom is 0.165 e. The summed E-state index contributed by atoms with van der Waals surface area (Å²) in [5, 5.41) is 7.53. The van der Waals surface area contributed by atoms with Crippen molar-refractivity contribution in [1.29, 1.82) is 0 Å². The third-order valence-corrected chi connectivity index (χ3v) is 3.65. The van der Waals surface area contributed by atoms with Gasteiger partial charge in [0.05, 0.1) is 21.9 Å². The van der Waals surface area contributed by atoms with Crippen LogP contribution in [0.3, 0.4) is 0 Å². The summed E-state index contributed by atoms with van der Waals surface area (Å²) in [6.07, 6.45) is 4.64. The smallest absolute Gasteiger partial charge is 0.165 e. The Morgan fingerprint density at radius 3 is 2.63 bits per heavy atom. The van der Waals surface area contributed by atoms with Crippen molar-refractivity contribution in [3.8, 4) is 11.4 Å². The number of rotatable bonds is 5. The van der Waals surface area contributed by atoms with E-state index in [0.717, 1.165) is 46.9 Å². The Labute approximate surface area is 121 Å². The first-order valence-electron chi connectivity index (χ1n) is 6.52. The summed E-state index contributed by atoms with van der Waals surface area (Å²) in [4.78, 5) is 9.17. The zero-order valence-electron chi connectivity index (χ0n) is 11.4. The largest absolute Gasteiger partial charge is 0.369 e. The standard InChI is InChI=1S/C13H18BrN5/c1-4-10-11(14)13(15-5-2)18-12(17-10)9-7-16-19(6-3)8-9/h7-8H,4-6H2,1-3H3,(H,15,17,18). The molecule has 2 rings (SSSR count). The van der Waals surface area contributed by atoms with Gasteiger partial charge in [0.15, 0.2) is 5.82 Å². The van der Waals surface area contributed by atoms with Gasteiger partial charge < -0.3 is 5.32 Å². The summed E-state index contributed by atoms with van der Waals surface area (Å²) in [5.41, 5.74) is 1.95. The van der Waals surface area contributed by atoms with Gasteiger partial charge in [-0.3, -0.25) is 4.68 Å². The topological polar surface area (TPSA) is 55.6 Å². The fraction of sp³-hybridized carbons (Fsp3) is 0.462. The zero-order valence-corrected chi connectivity index (χ0v) is 13.0. The number of nitrogens with zero attached hydrogens (tertiary/aromatic N) is 4. The number of nitrogens with one attached hydrogen (secondary N) is 1. The van der Waals surface area contributed by atoms with Gasteiger partial charge in [0.1, 0.15) is 5.82 Å². The second-order valence-electron chi connectivity index (χ2n) is 4.13. The first-order chi connectivity index (χ1) is 9.19. The molecule has 6 heteroatoms. The van der Waals surface area contributed by atoms with Crippen molar-refractivity contribution < 1.29 is 0 Å². The molecule has 0 fully saturated rings. The van der Waals surface area contributed by atoms with Crippen LogP contribution >= 0.6 is 15.9 Å². The number of hydrogen-bond acceptors (Lipinski definition) is 4. The van der Waals surface area contributed by atoms with Gasteiger partial charge in [0.2, 0.25) is 0 Å². The number of aryl methyl sites for hydroxylation is 2. The maximum absolute atomic E-state index is 4.60. The minimum Gasteiger partial charge on any atom is -0.369 e. The highest BCUT2D eigenvalue weighted by Crippen LogP contribution is 2.27. The molecule has 0 atom stereocenters. The van der Waals surface area contributed by atoms with Crippen LogP contribution in [0.25, 0.3) is 11.4 Å². The molecule has 0 saturated heterocycles. The van der Waals surface area contributed by atoms with E-state index < -0.39 is 0 Å². The molecule has 2 aromatic rings. The average molecular weight is 324 g/mol. The second kappa shape index (κ2) is 6.14. The molecule has 0 aromatic carbocycles. The van der Waals surface area contributed by atoms with Crippen molar-refractivity contribution in [3.63, 3.8) is 0 Å². The molecule has 0 aliphatic heterocycles. The fourth-order valence-corrected chi connectivity index (χ4v) is 2.39. The van der Waals surface area contributed by atoms with Gasteiger partial charge in [-0.15, -0.1) is 0 Å². The quantitative estimate of drug-likeness (QED) is 0.918. The van der Waals surface area contributed by atoms with Crippen LogP contribution in [0.4, 0.5) is 5.82 Å². The van der Waals surface area contributed by atoms with Gasteiger partial charge >= 0.3 is 0 Å². The van der Waals surface area contributed by atoms with Crippen molar-refractivity contribution in [2.24, 2.45) is 0 Å². The predicted octanol–water partition coefficient (Wildman–Crippen LogP) is 3.12. The maximum atomic E-state index is 4.60. The van der Waals surface area contributed by atoms with Crippen LogP contribution in [0.5, 0.6) is 0 Å². The summed E-state index contributed by atoms with van der Waals surface area (Å²) >= 11 is 3.56. The lowest BCUT2D eigenvalue weighted by Gasteiger charge is -2.10. The Morgan fingerprint density at radius 2 is 2.05 bits per heavy atom. The van der Waals surface area contributed by atoms with E-state index in [1.807, 2.05) is 17.1 Å². The van der Waals surface area contributed by atoms with E-state index >= 15 is 0 Å². The molecule has 102 valence electrons. The highest BCUT2D eigenvalue weighted by molar-refractivity contribution is 9.10. The number of anilines is 1. The molecule has 0 saturated carbocycles. The molecule has 0 aliphatic rings. The van der Waals surface area contributed by atoms with E-state index in [2.05, 4.69) is 57.1 Å². The molecule has 2 heterocycles. The third-order valence-electron chi connectivity index (χ3n) is 2.81. The van der Waals surface area contributed by atoms with Crippen LogP contribution < -0.4 is 5.32 Å². The molecule has 1 N–H and O–H groups in total. The van der Waals surface area contributed by atoms with Crippen LogP contribution in [-0.4, -0.2) is 26.3 Å². The Bertz CT molecular complexity index is 564. The van der Waals surface area contributed by atoms with E-state index in [9.17, 15) is 0 Å². The Kier molecular flexibility index (Phi) is 4.52. The molecule has 5 nitrogen and oxygen atoms in total. The Morgan fingerprint density at radius 1 is 1.26 bits per heavy atom. The molecular weight excluding hydrogens is 306 g/mol. The minimum absolute atomic E-state index is 0.718. The predicted molar refractivity (Wildman–Crippen MR) is 80.2 cm³/mol. The van der Waals surface area contributed by atoms with Gasteiger partial charge in [-0.1, -0.05) is 6.92 Å².